The second-order valence-corrected chi connectivity index (χ2v) is 9.42. The number of ether oxygens (including phenoxy) is 2. The van der Waals surface area contributed by atoms with Crippen LogP contribution >= 0.6 is 0 Å². The molecule has 0 unspecified atom stereocenters. The zero-order chi connectivity index (χ0) is 24.9. The average Bonchev–Trinajstić information content (AvgIpc) is 3.62. The summed E-state index contributed by atoms with van der Waals surface area (Å²) in [6.45, 7) is 7.90. The van der Waals surface area contributed by atoms with Crippen LogP contribution in [0.25, 0.3) is 16.9 Å². The van der Waals surface area contributed by atoms with Gasteiger partial charge in [-0.25, -0.2) is 4.68 Å². The Hall–Kier alpha value is -3.36. The molecule has 190 valence electrons. The highest BCUT2D eigenvalue weighted by Gasteiger charge is 2.27. The number of para-hydroxylation sites is 1. The molecule has 2 aliphatic heterocycles. The molecule has 1 amide bonds. The minimum atomic E-state index is 0.0150. The van der Waals surface area contributed by atoms with Gasteiger partial charge < -0.3 is 19.3 Å². The van der Waals surface area contributed by atoms with Crippen molar-refractivity contribution < 1.29 is 14.3 Å². The normalized spacial score (nSPS) is 16.9. The average molecular weight is 490 g/mol. The van der Waals surface area contributed by atoms with Crippen molar-refractivity contribution in [3.8, 4) is 28.4 Å². The molecular weight excluding hydrogens is 454 g/mol. The molecule has 8 heteroatoms. The third-order valence-corrected chi connectivity index (χ3v) is 7.21. The van der Waals surface area contributed by atoms with Gasteiger partial charge in [-0.05, 0) is 56.3 Å². The fraction of sp³-hybridized carbons (Fsp3) is 0.429. The number of likely N-dealkylation sites (tertiary alicyclic amines) is 1. The van der Waals surface area contributed by atoms with Crippen molar-refractivity contribution in [1.29, 1.82) is 0 Å². The summed E-state index contributed by atoms with van der Waals surface area (Å²) in [5, 5.41) is 4.84. The second kappa shape index (κ2) is 11.1. The van der Waals surface area contributed by atoms with Crippen LogP contribution in [-0.4, -0.2) is 97.0 Å². The van der Waals surface area contributed by atoms with Gasteiger partial charge in [-0.1, -0.05) is 18.2 Å². The molecule has 0 atom stereocenters. The quantitative estimate of drug-likeness (QED) is 0.483. The summed E-state index contributed by atoms with van der Waals surface area (Å²) >= 11 is 0. The third kappa shape index (κ3) is 5.24. The molecule has 0 saturated carbocycles. The SMILES string of the molecule is COc1ccc(-c2nn(-c3ccccc3)cc2C(=O)N2CCN(CCN3CCCC3)CC2)cc1OC. The molecule has 8 nitrogen and oxygen atoms in total. The summed E-state index contributed by atoms with van der Waals surface area (Å²) in [5.41, 5.74) is 2.96. The molecule has 5 rings (SSSR count). The Balaban J connectivity index is 1.37. The van der Waals surface area contributed by atoms with E-state index in [0.717, 1.165) is 50.5 Å². The van der Waals surface area contributed by atoms with Crippen LogP contribution in [0, 0.1) is 0 Å². The zero-order valence-corrected chi connectivity index (χ0v) is 21.2. The van der Waals surface area contributed by atoms with Crippen LogP contribution < -0.4 is 9.47 Å². The van der Waals surface area contributed by atoms with Crippen molar-refractivity contribution in [3.63, 3.8) is 0 Å². The Kier molecular flexibility index (Phi) is 7.53. The van der Waals surface area contributed by atoms with E-state index in [4.69, 9.17) is 14.6 Å². The van der Waals surface area contributed by atoms with Gasteiger partial charge in [0.15, 0.2) is 11.5 Å². The van der Waals surface area contributed by atoms with Crippen LogP contribution in [-0.2, 0) is 0 Å². The van der Waals surface area contributed by atoms with E-state index in [0.29, 0.717) is 22.8 Å². The van der Waals surface area contributed by atoms with Crippen LogP contribution in [0.5, 0.6) is 11.5 Å². The summed E-state index contributed by atoms with van der Waals surface area (Å²) in [7, 11) is 3.22. The first-order valence-electron chi connectivity index (χ1n) is 12.8. The summed E-state index contributed by atoms with van der Waals surface area (Å²) in [4.78, 5) is 20.8. The van der Waals surface area contributed by atoms with Crippen molar-refractivity contribution >= 4 is 5.91 Å². The van der Waals surface area contributed by atoms with Gasteiger partial charge in [0.25, 0.3) is 5.91 Å². The Bertz CT molecular complexity index is 1170. The lowest BCUT2D eigenvalue weighted by Gasteiger charge is -2.35. The van der Waals surface area contributed by atoms with Crippen LogP contribution in [0.3, 0.4) is 0 Å². The van der Waals surface area contributed by atoms with E-state index in [1.807, 2.05) is 59.6 Å². The van der Waals surface area contributed by atoms with E-state index < -0.39 is 0 Å². The van der Waals surface area contributed by atoms with Crippen LogP contribution in [0.15, 0.2) is 54.7 Å². The summed E-state index contributed by atoms with van der Waals surface area (Å²) in [5.74, 6) is 1.26. The number of hydrogen-bond donors (Lipinski definition) is 0. The number of nitrogens with zero attached hydrogens (tertiary/aromatic N) is 5. The largest absolute Gasteiger partial charge is 0.493 e. The molecule has 1 aromatic heterocycles. The van der Waals surface area contributed by atoms with Gasteiger partial charge in [0, 0.05) is 51.0 Å². The third-order valence-electron chi connectivity index (χ3n) is 7.21. The molecule has 0 N–H and O–H groups in total. The monoisotopic (exact) mass is 489 g/mol. The first-order chi connectivity index (χ1) is 17.7. The summed E-state index contributed by atoms with van der Waals surface area (Å²) < 4.78 is 12.7. The molecule has 0 spiro atoms. The van der Waals surface area contributed by atoms with Crippen molar-refractivity contribution in [2.75, 3.05) is 66.6 Å². The lowest BCUT2D eigenvalue weighted by molar-refractivity contribution is 0.0627. The van der Waals surface area contributed by atoms with Crippen molar-refractivity contribution in [1.82, 2.24) is 24.5 Å². The van der Waals surface area contributed by atoms with E-state index in [2.05, 4.69) is 9.80 Å². The number of hydrogen-bond acceptors (Lipinski definition) is 6. The molecule has 0 aliphatic carbocycles. The molecule has 3 aromatic rings. The van der Waals surface area contributed by atoms with Gasteiger partial charge in [0.05, 0.1) is 25.5 Å². The van der Waals surface area contributed by atoms with E-state index >= 15 is 0 Å². The maximum atomic E-state index is 13.8. The number of methoxy groups -OCH3 is 2. The van der Waals surface area contributed by atoms with Gasteiger partial charge in [-0.2, -0.15) is 5.10 Å². The smallest absolute Gasteiger partial charge is 0.257 e. The number of benzene rings is 2. The molecule has 0 radical (unpaired) electrons. The topological polar surface area (TPSA) is 63.1 Å². The van der Waals surface area contributed by atoms with Crippen molar-refractivity contribution in [3.05, 3.63) is 60.3 Å². The first-order valence-corrected chi connectivity index (χ1v) is 12.8. The standard InChI is InChI=1S/C28H35N5O3/c1-35-25-11-10-22(20-26(25)36-2)27-24(21-33(29-27)23-8-4-3-5-9-23)28(34)32-18-16-31(17-19-32)15-14-30-12-6-7-13-30/h3-5,8-11,20-21H,6-7,12-19H2,1-2H3. The van der Waals surface area contributed by atoms with Gasteiger partial charge in [0.1, 0.15) is 5.69 Å². The maximum absolute atomic E-state index is 13.8. The molecule has 36 heavy (non-hydrogen) atoms. The molecular formula is C28H35N5O3. The number of carbonyl (C=O) groups excluding carboxylic acids is 1. The Morgan fingerprint density at radius 1 is 0.833 bits per heavy atom. The van der Waals surface area contributed by atoms with Crippen LogP contribution in [0.1, 0.15) is 23.2 Å². The Labute approximate surface area is 213 Å². The number of amides is 1. The lowest BCUT2D eigenvalue weighted by atomic mass is 10.1. The predicted molar refractivity (Wildman–Crippen MR) is 140 cm³/mol. The van der Waals surface area contributed by atoms with Crippen molar-refractivity contribution in [2.45, 2.75) is 12.8 Å². The number of carbonyl (C=O) groups is 1. The fourth-order valence-corrected chi connectivity index (χ4v) is 5.07. The molecule has 2 aliphatic rings. The number of rotatable bonds is 8. The maximum Gasteiger partial charge on any atom is 0.257 e. The lowest BCUT2D eigenvalue weighted by Crippen LogP contribution is -2.50. The van der Waals surface area contributed by atoms with E-state index in [1.165, 1.54) is 25.9 Å². The van der Waals surface area contributed by atoms with Gasteiger partial charge in [0.2, 0.25) is 0 Å². The first kappa shape index (κ1) is 24.3. The zero-order valence-electron chi connectivity index (χ0n) is 21.2. The van der Waals surface area contributed by atoms with Gasteiger partial charge in [-0.15, -0.1) is 0 Å². The number of aromatic nitrogens is 2. The number of piperazine rings is 1. The minimum absolute atomic E-state index is 0.0150. The molecule has 2 aromatic carbocycles. The highest BCUT2D eigenvalue weighted by molar-refractivity contribution is 6.00. The Morgan fingerprint density at radius 3 is 2.17 bits per heavy atom. The molecule has 0 bridgehead atoms. The van der Waals surface area contributed by atoms with Crippen LogP contribution in [0.4, 0.5) is 0 Å². The summed E-state index contributed by atoms with van der Waals surface area (Å²) in [6.07, 6.45) is 4.49. The minimum Gasteiger partial charge on any atom is -0.493 e. The van der Waals surface area contributed by atoms with E-state index in [9.17, 15) is 4.79 Å². The molecule has 2 saturated heterocycles. The van der Waals surface area contributed by atoms with Crippen LogP contribution in [0.2, 0.25) is 0 Å². The molecule has 3 heterocycles. The Morgan fingerprint density at radius 2 is 1.50 bits per heavy atom. The highest BCUT2D eigenvalue weighted by Crippen LogP contribution is 2.34. The predicted octanol–water partition coefficient (Wildman–Crippen LogP) is 3.41. The van der Waals surface area contributed by atoms with E-state index in [-0.39, 0.29) is 5.91 Å². The van der Waals surface area contributed by atoms with Gasteiger partial charge in [-0.3, -0.25) is 9.69 Å². The molecule has 2 fully saturated rings. The van der Waals surface area contributed by atoms with Gasteiger partial charge >= 0.3 is 0 Å². The summed E-state index contributed by atoms with van der Waals surface area (Å²) in [6, 6.07) is 15.5. The fourth-order valence-electron chi connectivity index (χ4n) is 5.07. The van der Waals surface area contributed by atoms with Crippen molar-refractivity contribution in [2.24, 2.45) is 0 Å². The second-order valence-electron chi connectivity index (χ2n) is 9.42. The van der Waals surface area contributed by atoms with E-state index in [1.54, 1.807) is 18.9 Å². The highest BCUT2D eigenvalue weighted by atomic mass is 16.5.